The zero-order valence-electron chi connectivity index (χ0n) is 11.2. The fraction of sp³-hybridized carbons (Fsp3) is 0.133. The van der Waals surface area contributed by atoms with Crippen LogP contribution in [0.5, 0.6) is 5.75 Å². The number of nitrogens with one attached hydrogen (secondary N) is 1. The average molecular weight is 562 g/mol. The van der Waals surface area contributed by atoms with Crippen molar-refractivity contribution in [1.29, 1.82) is 0 Å². The highest BCUT2D eigenvalue weighted by Gasteiger charge is 2.14. The SMILES string of the molecule is O=C(NCCc1ccc(Cl)cc1Cl)c1cc(I)cc(I)c1O. The molecule has 0 radical (unpaired) electrons. The summed E-state index contributed by atoms with van der Waals surface area (Å²) in [5.74, 6) is -0.304. The molecular formula is C15H11Cl2I2NO2. The molecule has 0 aliphatic rings. The minimum absolute atomic E-state index is 0.00282. The second-order valence-corrected chi connectivity index (χ2v) is 7.78. The van der Waals surface area contributed by atoms with Gasteiger partial charge in [-0.2, -0.15) is 0 Å². The summed E-state index contributed by atoms with van der Waals surface area (Å²) in [6.07, 6.45) is 0.587. The number of rotatable bonds is 4. The standard InChI is InChI=1S/C15H11Cl2I2NO2/c16-9-2-1-8(12(17)5-9)3-4-20-15(22)11-6-10(18)7-13(19)14(11)21/h1-2,5-7,21H,3-4H2,(H,20,22). The van der Waals surface area contributed by atoms with Gasteiger partial charge in [-0.25, -0.2) is 0 Å². The molecule has 0 unspecified atom stereocenters. The molecule has 0 spiro atoms. The molecule has 0 aromatic heterocycles. The minimum atomic E-state index is -0.306. The molecule has 0 fully saturated rings. The fourth-order valence-corrected chi connectivity index (χ4v) is 4.22. The Hall–Kier alpha value is -0.250. The maximum absolute atomic E-state index is 12.2. The van der Waals surface area contributed by atoms with Crippen molar-refractivity contribution in [1.82, 2.24) is 5.32 Å². The van der Waals surface area contributed by atoms with Gasteiger partial charge in [0.05, 0.1) is 9.13 Å². The minimum Gasteiger partial charge on any atom is -0.506 e. The van der Waals surface area contributed by atoms with E-state index < -0.39 is 0 Å². The number of benzene rings is 2. The van der Waals surface area contributed by atoms with Crippen molar-refractivity contribution in [2.75, 3.05) is 6.54 Å². The van der Waals surface area contributed by atoms with E-state index in [4.69, 9.17) is 23.2 Å². The van der Waals surface area contributed by atoms with Crippen LogP contribution in [0.15, 0.2) is 30.3 Å². The number of hydrogen-bond acceptors (Lipinski definition) is 2. The lowest BCUT2D eigenvalue weighted by Gasteiger charge is -2.09. The van der Waals surface area contributed by atoms with E-state index in [0.717, 1.165) is 9.13 Å². The van der Waals surface area contributed by atoms with Gasteiger partial charge in [0.15, 0.2) is 0 Å². The number of halogens is 4. The van der Waals surface area contributed by atoms with E-state index in [1.165, 1.54) is 0 Å². The molecule has 22 heavy (non-hydrogen) atoms. The second kappa shape index (κ2) is 8.03. The predicted octanol–water partition coefficient (Wildman–Crippen LogP) is 4.88. The van der Waals surface area contributed by atoms with Crippen LogP contribution in [-0.4, -0.2) is 17.6 Å². The van der Waals surface area contributed by atoms with Gasteiger partial charge in [0, 0.05) is 20.2 Å². The lowest BCUT2D eigenvalue weighted by Crippen LogP contribution is -2.26. The molecule has 1 amide bonds. The van der Waals surface area contributed by atoms with E-state index in [0.29, 0.717) is 26.6 Å². The number of phenolic OH excluding ortho intramolecular Hbond substituents is 1. The molecule has 0 bridgehead atoms. The summed E-state index contributed by atoms with van der Waals surface area (Å²) in [6.45, 7) is 0.418. The van der Waals surface area contributed by atoms with E-state index in [1.807, 2.05) is 28.7 Å². The Morgan fingerprint density at radius 1 is 1.18 bits per heavy atom. The molecule has 3 nitrogen and oxygen atoms in total. The first-order valence-corrected chi connectivity index (χ1v) is 9.20. The first kappa shape index (κ1) is 18.1. The number of aromatic hydroxyl groups is 1. The van der Waals surface area contributed by atoms with Crippen molar-refractivity contribution in [3.05, 3.63) is 58.6 Å². The molecule has 0 aliphatic carbocycles. The number of phenols is 1. The summed E-state index contributed by atoms with van der Waals surface area (Å²) in [5, 5.41) is 13.9. The Labute approximate surface area is 165 Å². The number of amides is 1. The predicted molar refractivity (Wildman–Crippen MR) is 106 cm³/mol. The van der Waals surface area contributed by atoms with Gasteiger partial charge in [-0.1, -0.05) is 29.3 Å². The number of carbonyl (C=O) groups is 1. The highest BCUT2D eigenvalue weighted by molar-refractivity contribution is 14.1. The summed E-state index contributed by atoms with van der Waals surface area (Å²) >= 11 is 16.0. The molecule has 2 rings (SSSR count). The van der Waals surface area contributed by atoms with Gasteiger partial charge in [0.25, 0.3) is 5.91 Å². The quantitative estimate of drug-likeness (QED) is 0.523. The van der Waals surface area contributed by atoms with Crippen LogP contribution in [-0.2, 0) is 6.42 Å². The van der Waals surface area contributed by atoms with Crippen LogP contribution >= 0.6 is 68.4 Å². The summed E-state index contributed by atoms with van der Waals surface area (Å²) in [4.78, 5) is 12.2. The van der Waals surface area contributed by atoms with E-state index in [2.05, 4.69) is 27.9 Å². The van der Waals surface area contributed by atoms with Crippen molar-refractivity contribution >= 4 is 74.3 Å². The summed E-state index contributed by atoms with van der Waals surface area (Å²) in [5.41, 5.74) is 1.19. The first-order chi connectivity index (χ1) is 10.4. The smallest absolute Gasteiger partial charge is 0.255 e. The van der Waals surface area contributed by atoms with E-state index >= 15 is 0 Å². The molecule has 0 saturated carbocycles. The third-order valence-corrected chi connectivity index (χ3v) is 5.00. The van der Waals surface area contributed by atoms with Crippen LogP contribution in [0.25, 0.3) is 0 Å². The van der Waals surface area contributed by atoms with Gasteiger partial charge < -0.3 is 10.4 Å². The maximum Gasteiger partial charge on any atom is 0.255 e. The molecule has 0 aliphatic heterocycles. The van der Waals surface area contributed by atoms with Crippen LogP contribution in [0.1, 0.15) is 15.9 Å². The second-order valence-electron chi connectivity index (χ2n) is 4.53. The van der Waals surface area contributed by atoms with Crippen molar-refractivity contribution in [3.63, 3.8) is 0 Å². The first-order valence-electron chi connectivity index (χ1n) is 6.28. The third kappa shape index (κ3) is 4.62. The molecule has 0 heterocycles. The average Bonchev–Trinajstić information content (AvgIpc) is 2.45. The van der Waals surface area contributed by atoms with Crippen LogP contribution < -0.4 is 5.32 Å². The lowest BCUT2D eigenvalue weighted by molar-refractivity contribution is 0.0951. The zero-order valence-corrected chi connectivity index (χ0v) is 17.0. The third-order valence-electron chi connectivity index (χ3n) is 2.97. The summed E-state index contributed by atoms with van der Waals surface area (Å²) < 4.78 is 1.54. The van der Waals surface area contributed by atoms with Crippen LogP contribution in [0.3, 0.4) is 0 Å². The van der Waals surface area contributed by atoms with Gasteiger partial charge in [-0.05, 0) is 81.4 Å². The van der Waals surface area contributed by atoms with Gasteiger partial charge in [0.1, 0.15) is 5.75 Å². The monoisotopic (exact) mass is 561 g/mol. The highest BCUT2D eigenvalue weighted by atomic mass is 127. The lowest BCUT2D eigenvalue weighted by atomic mass is 10.1. The Bertz CT molecular complexity index is 723. The van der Waals surface area contributed by atoms with Crippen molar-refractivity contribution in [2.45, 2.75) is 6.42 Å². The van der Waals surface area contributed by atoms with Crippen molar-refractivity contribution in [2.24, 2.45) is 0 Å². The Balaban J connectivity index is 2.01. The van der Waals surface area contributed by atoms with Gasteiger partial charge in [-0.3, -0.25) is 4.79 Å². The maximum atomic E-state index is 12.2. The van der Waals surface area contributed by atoms with Gasteiger partial charge in [-0.15, -0.1) is 0 Å². The van der Waals surface area contributed by atoms with Crippen LogP contribution in [0.2, 0.25) is 10.0 Å². The van der Waals surface area contributed by atoms with E-state index in [1.54, 1.807) is 24.3 Å². The number of hydrogen-bond donors (Lipinski definition) is 2. The van der Waals surface area contributed by atoms with E-state index in [-0.39, 0.29) is 17.2 Å². The van der Waals surface area contributed by atoms with E-state index in [9.17, 15) is 9.90 Å². The molecule has 0 atom stereocenters. The zero-order chi connectivity index (χ0) is 16.3. The Morgan fingerprint density at radius 3 is 2.59 bits per heavy atom. The normalized spacial score (nSPS) is 10.5. The highest BCUT2D eigenvalue weighted by Crippen LogP contribution is 2.27. The molecule has 2 aromatic carbocycles. The van der Waals surface area contributed by atoms with Crippen LogP contribution in [0, 0.1) is 7.14 Å². The molecule has 7 heteroatoms. The Kier molecular flexibility index (Phi) is 6.60. The summed E-state index contributed by atoms with van der Waals surface area (Å²) in [6, 6.07) is 8.73. The Morgan fingerprint density at radius 2 is 1.91 bits per heavy atom. The van der Waals surface area contributed by atoms with Gasteiger partial charge in [0.2, 0.25) is 0 Å². The largest absolute Gasteiger partial charge is 0.506 e. The molecular weight excluding hydrogens is 551 g/mol. The van der Waals surface area contributed by atoms with Crippen molar-refractivity contribution < 1.29 is 9.90 Å². The summed E-state index contributed by atoms with van der Waals surface area (Å²) in [7, 11) is 0. The topological polar surface area (TPSA) is 49.3 Å². The molecule has 2 N–H and O–H groups in total. The van der Waals surface area contributed by atoms with Crippen LogP contribution in [0.4, 0.5) is 0 Å². The van der Waals surface area contributed by atoms with Crippen molar-refractivity contribution in [3.8, 4) is 5.75 Å². The van der Waals surface area contributed by atoms with Gasteiger partial charge >= 0.3 is 0 Å². The number of carbonyl (C=O) groups excluding carboxylic acids is 1. The molecule has 0 saturated heterocycles. The molecule has 2 aromatic rings. The fourth-order valence-electron chi connectivity index (χ4n) is 1.87. The molecule has 116 valence electrons.